The van der Waals surface area contributed by atoms with Gasteiger partial charge < -0.3 is 8.98 Å². The predicted octanol–water partition coefficient (Wildman–Crippen LogP) is 12.7. The smallest absolute Gasteiger partial charge is 0.164 e. The summed E-state index contributed by atoms with van der Waals surface area (Å²) in [6.07, 6.45) is 0. The van der Waals surface area contributed by atoms with Crippen molar-refractivity contribution in [2.24, 2.45) is 0 Å². The SMILES string of the molecule is c1ccc(-c2nc(-c3ccc4ccccc4c3)nc(-c3cccc4oc5c(-c6ccccc6)ccc(-n6c7ccccc7c7ccccc76)c5c34)n2)cc1. The fourth-order valence-corrected chi connectivity index (χ4v) is 7.97. The average molecular weight is 691 g/mol. The zero-order valence-electron chi connectivity index (χ0n) is 29.0. The van der Waals surface area contributed by atoms with Gasteiger partial charge in [-0.1, -0.05) is 146 Å². The summed E-state index contributed by atoms with van der Waals surface area (Å²) >= 11 is 0. The fraction of sp³-hybridized carbons (Fsp3) is 0. The molecule has 3 heterocycles. The number of nitrogens with zero attached hydrogens (tertiary/aromatic N) is 4. The van der Waals surface area contributed by atoms with Crippen LogP contribution in [0.1, 0.15) is 0 Å². The van der Waals surface area contributed by atoms with Crippen molar-refractivity contribution in [1.29, 1.82) is 0 Å². The van der Waals surface area contributed by atoms with Gasteiger partial charge in [0.25, 0.3) is 0 Å². The molecule has 0 N–H and O–H groups in total. The Hall–Kier alpha value is -7.37. The predicted molar refractivity (Wildman–Crippen MR) is 221 cm³/mol. The van der Waals surface area contributed by atoms with E-state index in [0.717, 1.165) is 71.9 Å². The number of hydrogen-bond donors (Lipinski definition) is 0. The highest BCUT2D eigenvalue weighted by molar-refractivity contribution is 6.20. The molecule has 0 aliphatic heterocycles. The van der Waals surface area contributed by atoms with Gasteiger partial charge in [-0.2, -0.15) is 0 Å². The summed E-state index contributed by atoms with van der Waals surface area (Å²) in [5.41, 5.74) is 9.70. The standard InChI is InChI=1S/C49H30N4O/c1-3-15-32(16-4-1)36-28-29-42(53-40-23-11-9-20-37(40)38-21-10-12-24-41(38)53)45-44-39(22-13-25-43(44)54-46(36)45)49-51-47(33-17-5-2-6-18-33)50-48(52-49)35-27-26-31-14-7-8-19-34(31)30-35/h1-30H. The summed E-state index contributed by atoms with van der Waals surface area (Å²) < 4.78 is 9.33. The molecule has 0 aliphatic carbocycles. The molecule has 0 amide bonds. The van der Waals surface area contributed by atoms with Crippen molar-refractivity contribution in [3.05, 3.63) is 182 Å². The molecule has 11 aromatic rings. The zero-order valence-corrected chi connectivity index (χ0v) is 29.0. The van der Waals surface area contributed by atoms with E-state index in [-0.39, 0.29) is 0 Å². The lowest BCUT2D eigenvalue weighted by molar-refractivity contribution is 0.670. The van der Waals surface area contributed by atoms with Crippen LogP contribution in [0.25, 0.3) is 105 Å². The Bertz CT molecular complexity index is 3160. The minimum absolute atomic E-state index is 0.582. The summed E-state index contributed by atoms with van der Waals surface area (Å²) in [6, 6.07) is 63.2. The lowest BCUT2D eigenvalue weighted by Crippen LogP contribution is -2.01. The molecule has 8 aromatic carbocycles. The number of furan rings is 1. The normalized spacial score (nSPS) is 11.7. The first-order valence-electron chi connectivity index (χ1n) is 18.1. The Morgan fingerprint density at radius 1 is 0.389 bits per heavy atom. The van der Waals surface area contributed by atoms with Crippen molar-refractivity contribution in [3.8, 4) is 51.0 Å². The lowest BCUT2D eigenvalue weighted by atomic mass is 9.98. The highest BCUT2D eigenvalue weighted by Gasteiger charge is 2.24. The molecule has 11 rings (SSSR count). The molecule has 0 spiro atoms. The molecule has 0 bridgehead atoms. The highest BCUT2D eigenvalue weighted by atomic mass is 16.3. The summed E-state index contributed by atoms with van der Waals surface area (Å²) in [7, 11) is 0. The van der Waals surface area contributed by atoms with Gasteiger partial charge in [-0.25, -0.2) is 15.0 Å². The highest BCUT2D eigenvalue weighted by Crippen LogP contribution is 2.45. The van der Waals surface area contributed by atoms with Gasteiger partial charge in [-0.3, -0.25) is 0 Å². The Labute approximate surface area is 310 Å². The van der Waals surface area contributed by atoms with Crippen molar-refractivity contribution < 1.29 is 4.42 Å². The summed E-state index contributed by atoms with van der Waals surface area (Å²) in [4.78, 5) is 15.5. The van der Waals surface area contributed by atoms with Crippen molar-refractivity contribution in [1.82, 2.24) is 19.5 Å². The first-order chi connectivity index (χ1) is 26.8. The van der Waals surface area contributed by atoms with Crippen LogP contribution in [0.3, 0.4) is 0 Å². The molecule has 0 atom stereocenters. The molecule has 0 saturated heterocycles. The van der Waals surface area contributed by atoms with E-state index in [0.29, 0.717) is 17.5 Å². The van der Waals surface area contributed by atoms with Crippen LogP contribution in [0.2, 0.25) is 0 Å². The molecule has 0 aliphatic rings. The number of benzene rings is 8. The fourth-order valence-electron chi connectivity index (χ4n) is 7.97. The van der Waals surface area contributed by atoms with Gasteiger partial charge in [0.15, 0.2) is 17.5 Å². The molecular formula is C49H30N4O. The second-order valence-electron chi connectivity index (χ2n) is 13.6. The van der Waals surface area contributed by atoms with Crippen molar-refractivity contribution in [3.63, 3.8) is 0 Å². The summed E-state index contributed by atoms with van der Waals surface area (Å²) in [6.45, 7) is 0. The van der Waals surface area contributed by atoms with E-state index in [9.17, 15) is 0 Å². The molecule has 5 nitrogen and oxygen atoms in total. The average Bonchev–Trinajstić information content (AvgIpc) is 3.80. The lowest BCUT2D eigenvalue weighted by Gasteiger charge is -2.13. The van der Waals surface area contributed by atoms with E-state index in [1.165, 1.54) is 16.2 Å². The minimum atomic E-state index is 0.582. The van der Waals surface area contributed by atoms with Crippen LogP contribution in [-0.4, -0.2) is 19.5 Å². The Morgan fingerprint density at radius 2 is 1.00 bits per heavy atom. The van der Waals surface area contributed by atoms with Gasteiger partial charge in [0, 0.05) is 38.4 Å². The van der Waals surface area contributed by atoms with Crippen LogP contribution in [-0.2, 0) is 0 Å². The van der Waals surface area contributed by atoms with Crippen LogP contribution in [0.15, 0.2) is 186 Å². The van der Waals surface area contributed by atoms with E-state index >= 15 is 0 Å². The number of fused-ring (bicyclic) bond motifs is 7. The molecule has 0 fully saturated rings. The third-order valence-electron chi connectivity index (χ3n) is 10.4. The molecule has 0 radical (unpaired) electrons. The Kier molecular flexibility index (Phi) is 6.79. The monoisotopic (exact) mass is 690 g/mol. The number of rotatable bonds is 5. The van der Waals surface area contributed by atoms with Crippen LogP contribution in [0.4, 0.5) is 0 Å². The second kappa shape index (κ2) is 12.1. The first kappa shape index (κ1) is 30.3. The molecule has 54 heavy (non-hydrogen) atoms. The minimum Gasteiger partial charge on any atom is -0.455 e. The zero-order chi connectivity index (χ0) is 35.6. The third-order valence-corrected chi connectivity index (χ3v) is 10.4. The van der Waals surface area contributed by atoms with Crippen molar-refractivity contribution in [2.45, 2.75) is 0 Å². The number of hydrogen-bond acceptors (Lipinski definition) is 4. The largest absolute Gasteiger partial charge is 0.455 e. The molecule has 252 valence electrons. The molecule has 0 unspecified atom stereocenters. The maximum atomic E-state index is 6.96. The third kappa shape index (κ3) is 4.76. The maximum absolute atomic E-state index is 6.96. The van der Waals surface area contributed by atoms with Crippen LogP contribution in [0.5, 0.6) is 0 Å². The first-order valence-corrected chi connectivity index (χ1v) is 18.1. The quantitative estimate of drug-likeness (QED) is 0.180. The van der Waals surface area contributed by atoms with Crippen molar-refractivity contribution in [2.75, 3.05) is 0 Å². The van der Waals surface area contributed by atoms with Gasteiger partial charge >= 0.3 is 0 Å². The molecule has 0 saturated carbocycles. The van der Waals surface area contributed by atoms with E-state index in [1.54, 1.807) is 0 Å². The van der Waals surface area contributed by atoms with E-state index in [1.807, 2.05) is 48.5 Å². The van der Waals surface area contributed by atoms with Gasteiger partial charge in [0.1, 0.15) is 11.2 Å². The summed E-state index contributed by atoms with van der Waals surface area (Å²) in [5, 5.41) is 6.66. The number of para-hydroxylation sites is 2. The van der Waals surface area contributed by atoms with E-state index in [4.69, 9.17) is 19.4 Å². The van der Waals surface area contributed by atoms with Crippen molar-refractivity contribution >= 4 is 54.5 Å². The Balaban J connectivity index is 1.25. The topological polar surface area (TPSA) is 56.7 Å². The number of aromatic nitrogens is 4. The molecule has 5 heteroatoms. The summed E-state index contributed by atoms with van der Waals surface area (Å²) in [5.74, 6) is 1.81. The second-order valence-corrected chi connectivity index (χ2v) is 13.6. The van der Waals surface area contributed by atoms with Crippen LogP contribution >= 0.6 is 0 Å². The molecule has 3 aromatic heterocycles. The van der Waals surface area contributed by atoms with Crippen LogP contribution in [0, 0.1) is 0 Å². The maximum Gasteiger partial charge on any atom is 0.164 e. The van der Waals surface area contributed by atoms with E-state index < -0.39 is 0 Å². The van der Waals surface area contributed by atoms with Gasteiger partial charge in [-0.05, 0) is 52.7 Å². The van der Waals surface area contributed by atoms with Gasteiger partial charge in [-0.15, -0.1) is 0 Å². The van der Waals surface area contributed by atoms with Gasteiger partial charge in [0.2, 0.25) is 0 Å². The van der Waals surface area contributed by atoms with Gasteiger partial charge in [0.05, 0.1) is 22.1 Å². The van der Waals surface area contributed by atoms with Crippen LogP contribution < -0.4 is 0 Å². The van der Waals surface area contributed by atoms with E-state index in [2.05, 4.69) is 138 Å². The Morgan fingerprint density at radius 3 is 1.74 bits per heavy atom. The molecular weight excluding hydrogens is 661 g/mol.